The van der Waals surface area contributed by atoms with Gasteiger partial charge < -0.3 is 19.7 Å². The molecular weight excluding hydrogens is 466 g/mol. The number of likely N-dealkylation sites (tertiary alicyclic amines) is 1. The fraction of sp³-hybridized carbons (Fsp3) is 0.346. The maximum Gasteiger partial charge on any atom is 0.409 e. The lowest BCUT2D eigenvalue weighted by Crippen LogP contribution is -2.48. The number of ether oxygens (including phenoxy) is 2. The van der Waals surface area contributed by atoms with E-state index in [1.807, 2.05) is 0 Å². The van der Waals surface area contributed by atoms with Crippen LogP contribution >= 0.6 is 0 Å². The van der Waals surface area contributed by atoms with Crippen LogP contribution in [-0.4, -0.2) is 71.9 Å². The third kappa shape index (κ3) is 4.93. The number of nitrogens with zero attached hydrogens (tertiary/aromatic N) is 2. The van der Waals surface area contributed by atoms with Crippen molar-refractivity contribution in [2.24, 2.45) is 0 Å². The van der Waals surface area contributed by atoms with Crippen LogP contribution in [0.4, 0.5) is 10.5 Å². The topological polar surface area (TPSA) is 122 Å². The lowest BCUT2D eigenvalue weighted by atomic mass is 10.0. The predicted octanol–water partition coefficient (Wildman–Crippen LogP) is 3.33. The molecule has 1 saturated heterocycles. The maximum absolute atomic E-state index is 13.2. The molecule has 0 aromatic heterocycles. The Bertz CT molecular complexity index is 1220. The van der Waals surface area contributed by atoms with Crippen LogP contribution in [0.15, 0.2) is 42.5 Å². The molecule has 0 atom stereocenters. The molecule has 2 aliphatic rings. The normalized spacial score (nSPS) is 15.5. The third-order valence-electron chi connectivity index (χ3n) is 6.17. The van der Waals surface area contributed by atoms with E-state index in [9.17, 15) is 24.0 Å². The smallest absolute Gasteiger partial charge is 0.409 e. The number of esters is 1. The Morgan fingerprint density at radius 2 is 1.58 bits per heavy atom. The van der Waals surface area contributed by atoms with Gasteiger partial charge in [-0.2, -0.15) is 0 Å². The van der Waals surface area contributed by atoms with E-state index in [-0.39, 0.29) is 35.9 Å². The standard InChI is InChI=1S/C26H27N3O7/c1-3-35-25(33)17-6-5-7-18(14-17)27-22(30)16-8-9-20-21(15-16)24(32)29(23(20)31)19-10-12-28(13-11-19)26(34)36-4-2/h5-9,14-15,19H,3-4,10-13H2,1-2H3,(H,27,30). The Morgan fingerprint density at radius 1 is 0.889 bits per heavy atom. The van der Waals surface area contributed by atoms with Crippen LogP contribution in [0.2, 0.25) is 0 Å². The van der Waals surface area contributed by atoms with Gasteiger partial charge in [-0.1, -0.05) is 6.07 Å². The lowest BCUT2D eigenvalue weighted by Gasteiger charge is -2.35. The molecule has 1 N–H and O–H groups in total. The van der Waals surface area contributed by atoms with Gasteiger partial charge in [-0.15, -0.1) is 0 Å². The highest BCUT2D eigenvalue weighted by Crippen LogP contribution is 2.30. The highest BCUT2D eigenvalue weighted by atomic mass is 16.6. The van der Waals surface area contributed by atoms with Crippen molar-refractivity contribution >= 4 is 35.5 Å². The number of anilines is 1. The molecule has 4 rings (SSSR count). The van der Waals surface area contributed by atoms with Crippen LogP contribution < -0.4 is 5.32 Å². The maximum atomic E-state index is 13.2. The van der Waals surface area contributed by atoms with E-state index >= 15 is 0 Å². The molecule has 2 aliphatic heterocycles. The second kappa shape index (κ2) is 10.6. The first-order valence-electron chi connectivity index (χ1n) is 11.9. The molecule has 0 spiro atoms. The summed E-state index contributed by atoms with van der Waals surface area (Å²) in [6.45, 7) is 4.73. The fourth-order valence-corrected chi connectivity index (χ4v) is 4.40. The van der Waals surface area contributed by atoms with Crippen LogP contribution in [0.3, 0.4) is 0 Å². The molecule has 4 amide bonds. The number of rotatable bonds is 6. The van der Waals surface area contributed by atoms with Gasteiger partial charge in [0.2, 0.25) is 0 Å². The number of carbonyl (C=O) groups excluding carboxylic acids is 5. The number of hydrogen-bond acceptors (Lipinski definition) is 7. The Kier molecular flexibility index (Phi) is 7.33. The van der Waals surface area contributed by atoms with Gasteiger partial charge in [0.15, 0.2) is 0 Å². The van der Waals surface area contributed by atoms with Gasteiger partial charge >= 0.3 is 12.1 Å². The minimum Gasteiger partial charge on any atom is -0.462 e. The summed E-state index contributed by atoms with van der Waals surface area (Å²) < 4.78 is 10.0. The van der Waals surface area contributed by atoms with Gasteiger partial charge in [0.1, 0.15) is 0 Å². The van der Waals surface area contributed by atoms with Crippen molar-refractivity contribution < 1.29 is 33.4 Å². The van der Waals surface area contributed by atoms with Crippen molar-refractivity contribution in [3.63, 3.8) is 0 Å². The average molecular weight is 494 g/mol. The number of amides is 4. The molecule has 0 bridgehead atoms. The van der Waals surface area contributed by atoms with Gasteiger partial charge in [-0.3, -0.25) is 19.3 Å². The van der Waals surface area contributed by atoms with Crippen LogP contribution in [0.5, 0.6) is 0 Å². The van der Waals surface area contributed by atoms with E-state index in [1.54, 1.807) is 36.9 Å². The van der Waals surface area contributed by atoms with Crippen LogP contribution in [0.1, 0.15) is 68.1 Å². The molecule has 2 aromatic rings. The average Bonchev–Trinajstić information content (AvgIpc) is 3.13. The fourth-order valence-electron chi connectivity index (χ4n) is 4.40. The van der Waals surface area contributed by atoms with Gasteiger partial charge in [0, 0.05) is 30.4 Å². The van der Waals surface area contributed by atoms with Crippen LogP contribution in [0.25, 0.3) is 0 Å². The SMILES string of the molecule is CCOC(=O)c1cccc(NC(=O)c2ccc3c(c2)C(=O)N(C2CCN(C(=O)OCC)CC2)C3=O)c1. The first-order valence-corrected chi connectivity index (χ1v) is 11.9. The van der Waals surface area contributed by atoms with Crippen molar-refractivity contribution in [2.75, 3.05) is 31.6 Å². The van der Waals surface area contributed by atoms with Crippen molar-refractivity contribution in [2.45, 2.75) is 32.7 Å². The molecule has 36 heavy (non-hydrogen) atoms. The van der Waals surface area contributed by atoms with E-state index in [0.717, 1.165) is 0 Å². The minimum absolute atomic E-state index is 0.167. The molecule has 2 aromatic carbocycles. The van der Waals surface area contributed by atoms with Gasteiger partial charge in [-0.25, -0.2) is 9.59 Å². The molecule has 1 fully saturated rings. The Morgan fingerprint density at radius 3 is 2.28 bits per heavy atom. The molecule has 0 saturated carbocycles. The molecule has 0 radical (unpaired) electrons. The molecule has 10 heteroatoms. The summed E-state index contributed by atoms with van der Waals surface area (Å²) >= 11 is 0. The molecule has 10 nitrogen and oxygen atoms in total. The molecule has 188 valence electrons. The number of nitrogens with one attached hydrogen (secondary N) is 1. The summed E-state index contributed by atoms with van der Waals surface area (Å²) in [5, 5.41) is 2.71. The number of piperidine rings is 1. The van der Waals surface area contributed by atoms with Gasteiger partial charge in [-0.05, 0) is 63.1 Å². The molecule has 0 unspecified atom stereocenters. The van der Waals surface area contributed by atoms with Crippen LogP contribution in [0, 0.1) is 0 Å². The highest BCUT2D eigenvalue weighted by Gasteiger charge is 2.41. The second-order valence-electron chi connectivity index (χ2n) is 8.41. The van der Waals surface area contributed by atoms with E-state index in [4.69, 9.17) is 9.47 Å². The Balaban J connectivity index is 1.45. The summed E-state index contributed by atoms with van der Waals surface area (Å²) in [6.07, 6.45) is 0.504. The van der Waals surface area contributed by atoms with E-state index in [2.05, 4.69) is 5.32 Å². The minimum atomic E-state index is -0.497. The molecule has 0 aliphatic carbocycles. The number of imide groups is 1. The lowest BCUT2D eigenvalue weighted by molar-refractivity contribution is 0.0481. The largest absolute Gasteiger partial charge is 0.462 e. The quantitative estimate of drug-likeness (QED) is 0.484. The van der Waals surface area contributed by atoms with Crippen molar-refractivity contribution in [3.05, 3.63) is 64.7 Å². The summed E-state index contributed by atoms with van der Waals surface area (Å²) in [6, 6.07) is 10.4. The summed E-state index contributed by atoms with van der Waals surface area (Å²) in [7, 11) is 0. The summed E-state index contributed by atoms with van der Waals surface area (Å²) in [5.41, 5.74) is 1.31. The number of fused-ring (bicyclic) bond motifs is 1. The number of carbonyl (C=O) groups is 5. The van der Waals surface area contributed by atoms with Gasteiger partial charge in [0.05, 0.1) is 29.9 Å². The zero-order valence-electron chi connectivity index (χ0n) is 20.1. The number of hydrogen-bond donors (Lipinski definition) is 1. The predicted molar refractivity (Wildman–Crippen MR) is 129 cm³/mol. The number of benzene rings is 2. The highest BCUT2D eigenvalue weighted by molar-refractivity contribution is 6.22. The molecular formula is C26H27N3O7. The Hall–Kier alpha value is -4.21. The second-order valence-corrected chi connectivity index (χ2v) is 8.41. The third-order valence-corrected chi connectivity index (χ3v) is 6.17. The first kappa shape index (κ1) is 24.9. The Labute approximate surface area is 208 Å². The van der Waals surface area contributed by atoms with Crippen molar-refractivity contribution in [1.82, 2.24) is 9.80 Å². The van der Waals surface area contributed by atoms with E-state index < -0.39 is 29.8 Å². The van der Waals surface area contributed by atoms with Crippen molar-refractivity contribution in [1.29, 1.82) is 0 Å². The monoisotopic (exact) mass is 493 g/mol. The van der Waals surface area contributed by atoms with Crippen LogP contribution in [-0.2, 0) is 9.47 Å². The first-order chi connectivity index (χ1) is 17.3. The summed E-state index contributed by atoms with van der Waals surface area (Å²) in [5.74, 6) is -1.84. The van der Waals surface area contributed by atoms with Gasteiger partial charge in [0.25, 0.3) is 17.7 Å². The van der Waals surface area contributed by atoms with Crippen molar-refractivity contribution in [3.8, 4) is 0 Å². The van der Waals surface area contributed by atoms with E-state index in [0.29, 0.717) is 37.2 Å². The zero-order valence-corrected chi connectivity index (χ0v) is 20.1. The van der Waals surface area contributed by atoms with E-state index in [1.165, 1.54) is 29.2 Å². The summed E-state index contributed by atoms with van der Waals surface area (Å²) in [4.78, 5) is 65.7. The zero-order chi connectivity index (χ0) is 25.8. The molecule has 2 heterocycles.